The van der Waals surface area contributed by atoms with Crippen LogP contribution in [0.2, 0.25) is 0 Å². The summed E-state index contributed by atoms with van der Waals surface area (Å²) in [5.41, 5.74) is 0.752. The number of hydrogen-bond donors (Lipinski definition) is 2. The molecule has 28 heavy (non-hydrogen) atoms. The zero-order valence-electron chi connectivity index (χ0n) is 15.4. The maximum atomic E-state index is 12.7. The van der Waals surface area contributed by atoms with Crippen LogP contribution in [0.4, 0.5) is 24.9 Å². The van der Waals surface area contributed by atoms with Crippen molar-refractivity contribution in [1.29, 1.82) is 0 Å². The van der Waals surface area contributed by atoms with Crippen LogP contribution in [-0.2, 0) is 12.7 Å². The number of nitrogens with zero attached hydrogens (tertiary/aromatic N) is 3. The van der Waals surface area contributed by atoms with Crippen molar-refractivity contribution in [1.82, 2.24) is 15.0 Å². The fourth-order valence-electron chi connectivity index (χ4n) is 2.34. The molecule has 0 saturated heterocycles. The van der Waals surface area contributed by atoms with Gasteiger partial charge in [-0.1, -0.05) is 26.0 Å². The van der Waals surface area contributed by atoms with E-state index in [2.05, 4.69) is 39.4 Å². The summed E-state index contributed by atoms with van der Waals surface area (Å²) >= 11 is 1.38. The molecule has 3 aromatic rings. The van der Waals surface area contributed by atoms with Crippen LogP contribution < -0.4 is 10.6 Å². The van der Waals surface area contributed by atoms with E-state index in [1.54, 1.807) is 12.3 Å². The molecule has 0 fully saturated rings. The summed E-state index contributed by atoms with van der Waals surface area (Å²) < 4.78 is 38.0. The largest absolute Gasteiger partial charge is 0.416 e. The first-order chi connectivity index (χ1) is 13.3. The lowest BCUT2D eigenvalue weighted by molar-refractivity contribution is -0.137. The first-order valence-electron chi connectivity index (χ1n) is 8.74. The normalized spacial score (nSPS) is 11.6. The van der Waals surface area contributed by atoms with Gasteiger partial charge in [-0.15, -0.1) is 11.3 Å². The highest BCUT2D eigenvalue weighted by atomic mass is 32.1. The van der Waals surface area contributed by atoms with Gasteiger partial charge in [-0.3, -0.25) is 0 Å². The molecule has 9 heteroatoms. The molecule has 148 valence electrons. The maximum Gasteiger partial charge on any atom is 0.416 e. The van der Waals surface area contributed by atoms with Crippen molar-refractivity contribution < 1.29 is 13.2 Å². The summed E-state index contributed by atoms with van der Waals surface area (Å²) in [5.74, 6) is 1.73. The highest BCUT2D eigenvalue weighted by Crippen LogP contribution is 2.31. The minimum Gasteiger partial charge on any atom is -0.370 e. The quantitative estimate of drug-likeness (QED) is 0.557. The topological polar surface area (TPSA) is 62.7 Å². The smallest absolute Gasteiger partial charge is 0.370 e. The molecule has 0 saturated carbocycles. The minimum atomic E-state index is -4.34. The van der Waals surface area contributed by atoms with Crippen molar-refractivity contribution in [3.63, 3.8) is 0 Å². The van der Waals surface area contributed by atoms with Crippen molar-refractivity contribution in [2.75, 3.05) is 17.2 Å². The third-order valence-electron chi connectivity index (χ3n) is 3.79. The molecule has 0 bridgehead atoms. The molecular formula is C19H20F3N5S. The number of thiazole rings is 1. The zero-order chi connectivity index (χ0) is 20.1. The molecule has 5 nitrogen and oxygen atoms in total. The van der Waals surface area contributed by atoms with Crippen LogP contribution in [0.5, 0.6) is 0 Å². The second-order valence-electron chi connectivity index (χ2n) is 6.61. The van der Waals surface area contributed by atoms with Gasteiger partial charge in [-0.2, -0.15) is 18.2 Å². The molecule has 0 aliphatic rings. The van der Waals surface area contributed by atoms with Gasteiger partial charge in [0.2, 0.25) is 5.95 Å². The molecule has 2 heterocycles. The second-order valence-corrected chi connectivity index (χ2v) is 7.47. The molecule has 0 spiro atoms. The summed E-state index contributed by atoms with van der Waals surface area (Å²) in [7, 11) is 0. The van der Waals surface area contributed by atoms with Crippen molar-refractivity contribution >= 4 is 23.1 Å². The molecule has 0 aliphatic heterocycles. The van der Waals surface area contributed by atoms with Gasteiger partial charge >= 0.3 is 6.18 Å². The molecule has 1 aromatic carbocycles. The molecule has 3 rings (SSSR count). The Labute approximate surface area is 165 Å². The number of nitrogens with one attached hydrogen (secondary N) is 2. The second kappa shape index (κ2) is 8.55. The van der Waals surface area contributed by atoms with Gasteiger partial charge in [0.05, 0.1) is 17.8 Å². The van der Waals surface area contributed by atoms with Gasteiger partial charge in [0.15, 0.2) is 0 Å². The summed E-state index contributed by atoms with van der Waals surface area (Å²) in [5, 5.41) is 8.88. The number of rotatable bonds is 7. The number of halogens is 3. The van der Waals surface area contributed by atoms with E-state index in [1.807, 2.05) is 5.38 Å². The Hall–Kier alpha value is -2.68. The van der Waals surface area contributed by atoms with Crippen LogP contribution >= 0.6 is 11.3 Å². The van der Waals surface area contributed by atoms with E-state index in [-0.39, 0.29) is 0 Å². The van der Waals surface area contributed by atoms with Gasteiger partial charge in [0, 0.05) is 23.7 Å². The van der Waals surface area contributed by atoms with Crippen molar-refractivity contribution in [3.8, 4) is 10.6 Å². The van der Waals surface area contributed by atoms with E-state index in [0.717, 1.165) is 30.2 Å². The third-order valence-corrected chi connectivity index (χ3v) is 4.73. The summed E-state index contributed by atoms with van der Waals surface area (Å²) in [4.78, 5) is 13.1. The molecule has 0 unspecified atom stereocenters. The number of benzene rings is 1. The van der Waals surface area contributed by atoms with Gasteiger partial charge < -0.3 is 10.6 Å². The number of aromatic nitrogens is 3. The van der Waals surface area contributed by atoms with Crippen LogP contribution in [0.25, 0.3) is 10.6 Å². The Morgan fingerprint density at radius 3 is 2.46 bits per heavy atom. The Kier molecular flexibility index (Phi) is 6.13. The third kappa shape index (κ3) is 5.41. The highest BCUT2D eigenvalue weighted by molar-refractivity contribution is 7.13. The van der Waals surface area contributed by atoms with Crippen LogP contribution in [-0.4, -0.2) is 21.5 Å². The van der Waals surface area contributed by atoms with E-state index < -0.39 is 11.7 Å². The monoisotopic (exact) mass is 407 g/mol. The SMILES string of the molecule is CC(C)CNc1ccnc(NCc2csc(-c3ccc(C(F)(F)F)cc3)n2)n1. The Bertz CT molecular complexity index is 906. The van der Waals surface area contributed by atoms with E-state index in [1.165, 1.54) is 23.5 Å². The predicted octanol–water partition coefficient (Wildman–Crippen LogP) is 5.30. The first-order valence-corrected chi connectivity index (χ1v) is 9.62. The van der Waals surface area contributed by atoms with Crippen LogP contribution in [0.15, 0.2) is 41.9 Å². The number of alkyl halides is 3. The lowest BCUT2D eigenvalue weighted by Gasteiger charge is -2.09. The number of hydrogen-bond acceptors (Lipinski definition) is 6. The average Bonchev–Trinajstić information content (AvgIpc) is 3.13. The van der Waals surface area contributed by atoms with Crippen LogP contribution in [0, 0.1) is 5.92 Å². The fourth-order valence-corrected chi connectivity index (χ4v) is 3.17. The van der Waals surface area contributed by atoms with E-state index >= 15 is 0 Å². The summed E-state index contributed by atoms with van der Waals surface area (Å²) in [6, 6.07) is 6.81. The Morgan fingerprint density at radius 1 is 1.04 bits per heavy atom. The Balaban J connectivity index is 1.61. The zero-order valence-corrected chi connectivity index (χ0v) is 16.2. The first kappa shape index (κ1) is 20.1. The molecule has 0 radical (unpaired) electrons. The molecule has 0 amide bonds. The summed E-state index contributed by atoms with van der Waals surface area (Å²) in [6.07, 6.45) is -2.66. The molecule has 0 atom stereocenters. The minimum absolute atomic E-state index is 0.421. The van der Waals surface area contributed by atoms with E-state index in [9.17, 15) is 13.2 Å². The lowest BCUT2D eigenvalue weighted by Crippen LogP contribution is -2.11. The van der Waals surface area contributed by atoms with Gasteiger partial charge in [-0.05, 0) is 24.1 Å². The van der Waals surface area contributed by atoms with Crippen molar-refractivity contribution in [2.45, 2.75) is 26.6 Å². The standard InChI is InChI=1S/C19H20F3N5S/c1-12(2)9-24-16-7-8-23-18(27-16)25-10-15-11-28-17(26-15)13-3-5-14(6-4-13)19(20,21)22/h3-8,11-12H,9-10H2,1-2H3,(H2,23,24,25,27). The van der Waals surface area contributed by atoms with Crippen LogP contribution in [0.1, 0.15) is 25.1 Å². The lowest BCUT2D eigenvalue weighted by atomic mass is 10.1. The van der Waals surface area contributed by atoms with Gasteiger partial charge in [0.25, 0.3) is 0 Å². The highest BCUT2D eigenvalue weighted by Gasteiger charge is 2.30. The maximum absolute atomic E-state index is 12.7. The fraction of sp³-hybridized carbons (Fsp3) is 0.316. The van der Waals surface area contributed by atoms with Crippen LogP contribution in [0.3, 0.4) is 0 Å². The average molecular weight is 407 g/mol. The van der Waals surface area contributed by atoms with E-state index in [0.29, 0.717) is 29.0 Å². The van der Waals surface area contributed by atoms with Crippen molar-refractivity contribution in [3.05, 3.63) is 53.2 Å². The molecular weight excluding hydrogens is 387 g/mol. The van der Waals surface area contributed by atoms with Crippen molar-refractivity contribution in [2.24, 2.45) is 5.92 Å². The van der Waals surface area contributed by atoms with E-state index in [4.69, 9.17) is 0 Å². The Morgan fingerprint density at radius 2 is 1.79 bits per heavy atom. The molecule has 2 N–H and O–H groups in total. The molecule has 0 aliphatic carbocycles. The van der Waals surface area contributed by atoms with Gasteiger partial charge in [0.1, 0.15) is 10.8 Å². The summed E-state index contributed by atoms with van der Waals surface area (Å²) in [6.45, 7) is 5.47. The number of anilines is 2. The predicted molar refractivity (Wildman–Crippen MR) is 105 cm³/mol. The van der Waals surface area contributed by atoms with Gasteiger partial charge in [-0.25, -0.2) is 9.97 Å². The molecule has 2 aromatic heterocycles.